The Bertz CT molecular complexity index is 337. The Morgan fingerprint density at radius 3 is 2.56 bits per heavy atom. The molecular weight excluding hydrogens is 224 g/mol. The molecule has 18 heavy (non-hydrogen) atoms. The average molecular weight is 250 g/mol. The molecule has 0 saturated carbocycles. The minimum Gasteiger partial charge on any atom is -0.491 e. The maximum absolute atomic E-state index is 5.67. The van der Waals surface area contributed by atoms with E-state index in [0.717, 1.165) is 25.4 Å². The van der Waals surface area contributed by atoms with Crippen molar-refractivity contribution >= 4 is 0 Å². The minimum absolute atomic E-state index is 0.225. The molecule has 0 bridgehead atoms. The largest absolute Gasteiger partial charge is 0.491 e. The fraction of sp³-hybridized carbons (Fsp3) is 0.600. The molecule has 0 saturated heterocycles. The molecule has 0 aliphatic carbocycles. The normalized spacial score (nSPS) is 11.2. The highest BCUT2D eigenvalue weighted by Gasteiger charge is 1.99. The second-order valence-corrected chi connectivity index (χ2v) is 5.10. The third-order valence-electron chi connectivity index (χ3n) is 2.45. The Morgan fingerprint density at radius 2 is 1.89 bits per heavy atom. The maximum atomic E-state index is 5.67. The molecule has 0 aliphatic heterocycles. The van der Waals surface area contributed by atoms with Crippen LogP contribution >= 0.6 is 0 Å². The van der Waals surface area contributed by atoms with E-state index >= 15 is 0 Å². The van der Waals surface area contributed by atoms with Gasteiger partial charge in [0, 0.05) is 25.7 Å². The van der Waals surface area contributed by atoms with E-state index in [9.17, 15) is 0 Å². The standard InChI is InChI=1S/C15H26N2O/c1-12(2)17-9-8-16-11-14-6-5-7-15(10-14)18-13(3)4/h5-7,10,12-13,16-17H,8-9,11H2,1-4H3. The molecule has 0 heterocycles. The van der Waals surface area contributed by atoms with E-state index in [1.807, 2.05) is 26.0 Å². The van der Waals surface area contributed by atoms with Crippen LogP contribution in [0, 0.1) is 0 Å². The van der Waals surface area contributed by atoms with Gasteiger partial charge in [-0.2, -0.15) is 0 Å². The van der Waals surface area contributed by atoms with Crippen LogP contribution in [-0.4, -0.2) is 25.2 Å². The third-order valence-corrected chi connectivity index (χ3v) is 2.45. The Labute approximate surface area is 111 Å². The number of ether oxygens (including phenoxy) is 1. The summed E-state index contributed by atoms with van der Waals surface area (Å²) in [5.74, 6) is 0.949. The summed E-state index contributed by atoms with van der Waals surface area (Å²) in [5, 5.41) is 6.80. The van der Waals surface area contributed by atoms with Gasteiger partial charge in [0.2, 0.25) is 0 Å². The molecule has 0 radical (unpaired) electrons. The van der Waals surface area contributed by atoms with Crippen LogP contribution in [0.5, 0.6) is 5.75 Å². The van der Waals surface area contributed by atoms with Crippen LogP contribution in [0.15, 0.2) is 24.3 Å². The van der Waals surface area contributed by atoms with Crippen molar-refractivity contribution in [1.29, 1.82) is 0 Å². The Hall–Kier alpha value is -1.06. The first-order valence-electron chi connectivity index (χ1n) is 6.77. The number of nitrogens with one attached hydrogen (secondary N) is 2. The van der Waals surface area contributed by atoms with Crippen LogP contribution in [0.1, 0.15) is 33.3 Å². The van der Waals surface area contributed by atoms with Gasteiger partial charge in [-0.25, -0.2) is 0 Å². The Kier molecular flexibility index (Phi) is 6.76. The van der Waals surface area contributed by atoms with Gasteiger partial charge in [0.1, 0.15) is 5.75 Å². The lowest BCUT2D eigenvalue weighted by molar-refractivity contribution is 0.242. The first-order chi connectivity index (χ1) is 8.58. The van der Waals surface area contributed by atoms with Crippen molar-refractivity contribution < 1.29 is 4.74 Å². The highest BCUT2D eigenvalue weighted by Crippen LogP contribution is 2.14. The average Bonchev–Trinajstić information content (AvgIpc) is 2.27. The van der Waals surface area contributed by atoms with Gasteiger partial charge < -0.3 is 15.4 Å². The van der Waals surface area contributed by atoms with Gasteiger partial charge in [0.15, 0.2) is 0 Å². The van der Waals surface area contributed by atoms with Crippen LogP contribution in [0.3, 0.4) is 0 Å². The summed E-state index contributed by atoms with van der Waals surface area (Å²) >= 11 is 0. The summed E-state index contributed by atoms with van der Waals surface area (Å²) in [7, 11) is 0. The van der Waals surface area contributed by atoms with Crippen molar-refractivity contribution in [3.8, 4) is 5.75 Å². The van der Waals surface area contributed by atoms with E-state index < -0.39 is 0 Å². The van der Waals surface area contributed by atoms with Crippen LogP contribution in [0.25, 0.3) is 0 Å². The monoisotopic (exact) mass is 250 g/mol. The van der Waals surface area contributed by atoms with Crippen LogP contribution in [-0.2, 0) is 6.54 Å². The first-order valence-corrected chi connectivity index (χ1v) is 6.77. The fourth-order valence-corrected chi connectivity index (χ4v) is 1.68. The SMILES string of the molecule is CC(C)NCCNCc1cccc(OC(C)C)c1. The van der Waals surface area contributed by atoms with Gasteiger partial charge in [-0.1, -0.05) is 26.0 Å². The van der Waals surface area contributed by atoms with Crippen molar-refractivity contribution in [3.05, 3.63) is 29.8 Å². The van der Waals surface area contributed by atoms with Crippen LogP contribution in [0.4, 0.5) is 0 Å². The Balaban J connectivity index is 2.29. The zero-order valence-corrected chi connectivity index (χ0v) is 12.0. The third kappa shape index (κ3) is 6.62. The van der Waals surface area contributed by atoms with E-state index in [2.05, 4.69) is 36.6 Å². The maximum Gasteiger partial charge on any atom is 0.120 e. The Morgan fingerprint density at radius 1 is 1.11 bits per heavy atom. The van der Waals surface area contributed by atoms with Gasteiger partial charge in [0.25, 0.3) is 0 Å². The molecule has 0 unspecified atom stereocenters. The van der Waals surface area contributed by atoms with E-state index in [1.54, 1.807) is 0 Å². The molecule has 0 aromatic heterocycles. The predicted octanol–water partition coefficient (Wildman–Crippen LogP) is 2.56. The molecule has 1 aromatic carbocycles. The van der Waals surface area contributed by atoms with Gasteiger partial charge in [-0.15, -0.1) is 0 Å². The van der Waals surface area contributed by atoms with Gasteiger partial charge in [-0.05, 0) is 31.5 Å². The molecule has 3 nitrogen and oxygen atoms in total. The lowest BCUT2D eigenvalue weighted by atomic mass is 10.2. The topological polar surface area (TPSA) is 33.3 Å². The van der Waals surface area contributed by atoms with Crippen molar-refractivity contribution in [2.45, 2.75) is 46.4 Å². The zero-order chi connectivity index (χ0) is 13.4. The van der Waals surface area contributed by atoms with Crippen LogP contribution in [0.2, 0.25) is 0 Å². The van der Waals surface area contributed by atoms with Gasteiger partial charge in [0.05, 0.1) is 6.10 Å². The highest BCUT2D eigenvalue weighted by atomic mass is 16.5. The molecule has 3 heteroatoms. The second kappa shape index (κ2) is 8.11. The highest BCUT2D eigenvalue weighted by molar-refractivity contribution is 5.28. The van der Waals surface area contributed by atoms with Gasteiger partial charge in [-0.3, -0.25) is 0 Å². The molecule has 0 aliphatic rings. The fourth-order valence-electron chi connectivity index (χ4n) is 1.68. The van der Waals surface area contributed by atoms with E-state index in [0.29, 0.717) is 6.04 Å². The summed E-state index contributed by atoms with van der Waals surface area (Å²) in [5.41, 5.74) is 1.26. The number of rotatable bonds is 8. The van der Waals surface area contributed by atoms with Crippen molar-refractivity contribution in [2.24, 2.45) is 0 Å². The number of hydrogen-bond donors (Lipinski definition) is 2. The smallest absolute Gasteiger partial charge is 0.120 e. The predicted molar refractivity (Wildman–Crippen MR) is 77.1 cm³/mol. The molecule has 1 aromatic rings. The molecule has 2 N–H and O–H groups in total. The molecule has 0 atom stereocenters. The van der Waals surface area contributed by atoms with Crippen molar-refractivity contribution in [3.63, 3.8) is 0 Å². The van der Waals surface area contributed by atoms with Gasteiger partial charge >= 0.3 is 0 Å². The van der Waals surface area contributed by atoms with Crippen molar-refractivity contribution in [1.82, 2.24) is 10.6 Å². The molecule has 0 fully saturated rings. The van der Waals surface area contributed by atoms with E-state index in [1.165, 1.54) is 5.56 Å². The van der Waals surface area contributed by atoms with E-state index in [4.69, 9.17) is 4.74 Å². The summed E-state index contributed by atoms with van der Waals surface area (Å²) in [6.45, 7) is 11.3. The summed E-state index contributed by atoms with van der Waals surface area (Å²) < 4.78 is 5.67. The lowest BCUT2D eigenvalue weighted by Gasteiger charge is -2.12. The molecule has 0 spiro atoms. The second-order valence-electron chi connectivity index (χ2n) is 5.10. The number of benzene rings is 1. The van der Waals surface area contributed by atoms with Crippen molar-refractivity contribution in [2.75, 3.05) is 13.1 Å². The summed E-state index contributed by atoms with van der Waals surface area (Å²) in [6, 6.07) is 8.82. The van der Waals surface area contributed by atoms with E-state index in [-0.39, 0.29) is 6.10 Å². The minimum atomic E-state index is 0.225. The summed E-state index contributed by atoms with van der Waals surface area (Å²) in [6.07, 6.45) is 0.225. The molecule has 0 amide bonds. The molecule has 102 valence electrons. The summed E-state index contributed by atoms with van der Waals surface area (Å²) in [4.78, 5) is 0. The molecule has 1 rings (SSSR count). The lowest BCUT2D eigenvalue weighted by Crippen LogP contribution is -2.31. The number of hydrogen-bond acceptors (Lipinski definition) is 3. The molecular formula is C15H26N2O. The first kappa shape index (κ1) is 15.0. The van der Waals surface area contributed by atoms with Crippen LogP contribution < -0.4 is 15.4 Å². The quantitative estimate of drug-likeness (QED) is 0.696. The zero-order valence-electron chi connectivity index (χ0n) is 12.0.